The highest BCUT2D eigenvalue weighted by Crippen LogP contribution is 2.22. The lowest BCUT2D eigenvalue weighted by atomic mass is 10.1. The van der Waals surface area contributed by atoms with E-state index >= 15 is 0 Å². The van der Waals surface area contributed by atoms with Crippen LogP contribution >= 0.6 is 0 Å². The molecule has 1 aliphatic heterocycles. The van der Waals surface area contributed by atoms with Gasteiger partial charge in [0.1, 0.15) is 11.3 Å². The molecule has 25 heavy (non-hydrogen) atoms. The molecule has 0 saturated carbocycles. The molecule has 0 N–H and O–H groups in total. The Hall–Kier alpha value is -2.31. The van der Waals surface area contributed by atoms with Gasteiger partial charge in [0, 0.05) is 19.6 Å². The van der Waals surface area contributed by atoms with Gasteiger partial charge in [-0.2, -0.15) is 0 Å². The summed E-state index contributed by atoms with van der Waals surface area (Å²) in [6.45, 7) is 9.66. The van der Waals surface area contributed by atoms with Crippen molar-refractivity contribution >= 4 is 17.7 Å². The summed E-state index contributed by atoms with van der Waals surface area (Å²) in [5.74, 6) is -0.451. The zero-order chi connectivity index (χ0) is 18.6. The highest BCUT2D eigenvalue weighted by atomic mass is 16.6. The summed E-state index contributed by atoms with van der Waals surface area (Å²) in [6, 6.07) is 3.58. The Balaban J connectivity index is 2.05. The standard InChI is InChI=1S/C18H27N3O4/c1-6-13-12-20(9-10-21(13)17(23)25-18(2,3)4)14-7-8-15(19-11-14)16(22)24-5/h7-8,11,13H,6,9-10,12H2,1-5H3/t13-/m1/s1. The van der Waals surface area contributed by atoms with Crippen LogP contribution in [0.3, 0.4) is 0 Å². The van der Waals surface area contributed by atoms with E-state index in [4.69, 9.17) is 4.74 Å². The van der Waals surface area contributed by atoms with Crippen LogP contribution in [0.4, 0.5) is 10.5 Å². The fourth-order valence-electron chi connectivity index (χ4n) is 2.80. The quantitative estimate of drug-likeness (QED) is 0.781. The third-order valence-corrected chi connectivity index (χ3v) is 4.09. The lowest BCUT2D eigenvalue weighted by Gasteiger charge is -2.42. The number of esters is 1. The molecule has 0 aliphatic carbocycles. The molecule has 1 fully saturated rings. The maximum atomic E-state index is 12.4. The Kier molecular flexibility index (Phi) is 5.87. The van der Waals surface area contributed by atoms with E-state index in [0.29, 0.717) is 19.6 Å². The number of anilines is 1. The van der Waals surface area contributed by atoms with E-state index in [2.05, 4.69) is 21.5 Å². The predicted octanol–water partition coefficient (Wildman–Crippen LogP) is 2.70. The molecule has 7 heteroatoms. The first-order valence-electron chi connectivity index (χ1n) is 8.54. The van der Waals surface area contributed by atoms with Crippen molar-refractivity contribution in [3.63, 3.8) is 0 Å². The van der Waals surface area contributed by atoms with E-state index in [0.717, 1.165) is 12.1 Å². The predicted molar refractivity (Wildman–Crippen MR) is 94.8 cm³/mol. The van der Waals surface area contributed by atoms with E-state index in [9.17, 15) is 9.59 Å². The Bertz CT molecular complexity index is 610. The Morgan fingerprint density at radius 1 is 1.28 bits per heavy atom. The number of piperazine rings is 1. The van der Waals surface area contributed by atoms with Gasteiger partial charge in [0.2, 0.25) is 0 Å². The van der Waals surface area contributed by atoms with Crippen molar-refractivity contribution in [1.82, 2.24) is 9.88 Å². The largest absolute Gasteiger partial charge is 0.464 e. The fourth-order valence-corrected chi connectivity index (χ4v) is 2.80. The molecule has 2 rings (SSSR count). The highest BCUT2D eigenvalue weighted by Gasteiger charge is 2.32. The molecule has 2 heterocycles. The topological polar surface area (TPSA) is 72.0 Å². The summed E-state index contributed by atoms with van der Waals surface area (Å²) in [6.07, 6.45) is 2.24. The van der Waals surface area contributed by atoms with Crippen molar-refractivity contribution in [1.29, 1.82) is 0 Å². The maximum Gasteiger partial charge on any atom is 0.410 e. The molecule has 1 amide bonds. The van der Waals surface area contributed by atoms with E-state index in [1.165, 1.54) is 7.11 Å². The molecule has 1 atom stereocenters. The van der Waals surface area contributed by atoms with Gasteiger partial charge in [-0.05, 0) is 39.3 Å². The van der Waals surface area contributed by atoms with E-state index in [1.54, 1.807) is 17.2 Å². The van der Waals surface area contributed by atoms with Crippen LogP contribution in [0.5, 0.6) is 0 Å². The number of nitrogens with zero attached hydrogens (tertiary/aromatic N) is 3. The lowest BCUT2D eigenvalue weighted by Crippen LogP contribution is -2.56. The SMILES string of the molecule is CC[C@@H]1CN(c2ccc(C(=O)OC)nc2)CCN1C(=O)OC(C)(C)C. The number of ether oxygens (including phenoxy) is 2. The number of hydrogen-bond donors (Lipinski definition) is 0. The molecule has 0 aromatic carbocycles. The smallest absolute Gasteiger partial charge is 0.410 e. The number of carbonyl (C=O) groups is 2. The number of carbonyl (C=O) groups excluding carboxylic acids is 2. The average molecular weight is 349 g/mol. The first-order chi connectivity index (χ1) is 11.7. The van der Waals surface area contributed by atoms with Crippen LogP contribution in [-0.2, 0) is 9.47 Å². The van der Waals surface area contributed by atoms with Gasteiger partial charge in [0.25, 0.3) is 0 Å². The molecule has 138 valence electrons. The second-order valence-corrected chi connectivity index (χ2v) is 7.08. The Labute approximate surface area is 148 Å². The van der Waals surface area contributed by atoms with Crippen LogP contribution in [0.15, 0.2) is 18.3 Å². The van der Waals surface area contributed by atoms with Gasteiger partial charge >= 0.3 is 12.1 Å². The number of aromatic nitrogens is 1. The van der Waals surface area contributed by atoms with Crippen LogP contribution in [0.1, 0.15) is 44.6 Å². The second kappa shape index (κ2) is 7.72. The van der Waals surface area contributed by atoms with Gasteiger partial charge in [0.15, 0.2) is 0 Å². The van der Waals surface area contributed by atoms with Crippen LogP contribution in [0.25, 0.3) is 0 Å². The van der Waals surface area contributed by atoms with Gasteiger partial charge in [0.05, 0.1) is 25.0 Å². The summed E-state index contributed by atoms with van der Waals surface area (Å²) in [5.41, 5.74) is 0.709. The second-order valence-electron chi connectivity index (χ2n) is 7.08. The van der Waals surface area contributed by atoms with Crippen molar-refractivity contribution in [3.05, 3.63) is 24.0 Å². The molecule has 0 radical (unpaired) electrons. The molecule has 1 aromatic heterocycles. The van der Waals surface area contributed by atoms with Gasteiger partial charge in [-0.3, -0.25) is 0 Å². The molecular weight excluding hydrogens is 322 g/mol. The van der Waals surface area contributed by atoms with Crippen molar-refractivity contribution in [2.24, 2.45) is 0 Å². The molecule has 1 aromatic rings. The Morgan fingerprint density at radius 3 is 2.52 bits per heavy atom. The number of amides is 1. The first kappa shape index (κ1) is 19.0. The monoisotopic (exact) mass is 349 g/mol. The van der Waals surface area contributed by atoms with Crippen LogP contribution in [0, 0.1) is 0 Å². The van der Waals surface area contributed by atoms with Crippen LogP contribution < -0.4 is 4.90 Å². The number of pyridine rings is 1. The third kappa shape index (κ3) is 4.84. The minimum atomic E-state index is -0.500. The molecule has 0 bridgehead atoms. The Morgan fingerprint density at radius 2 is 2.00 bits per heavy atom. The van der Waals surface area contributed by atoms with Gasteiger partial charge in [-0.15, -0.1) is 0 Å². The van der Waals surface area contributed by atoms with E-state index in [-0.39, 0.29) is 17.8 Å². The minimum Gasteiger partial charge on any atom is -0.464 e. The van der Waals surface area contributed by atoms with Crippen molar-refractivity contribution in [2.75, 3.05) is 31.6 Å². The van der Waals surface area contributed by atoms with Crippen molar-refractivity contribution in [2.45, 2.75) is 45.8 Å². The van der Waals surface area contributed by atoms with Gasteiger partial charge in [-0.1, -0.05) is 6.92 Å². The normalized spacial score (nSPS) is 18.0. The zero-order valence-corrected chi connectivity index (χ0v) is 15.6. The highest BCUT2D eigenvalue weighted by molar-refractivity contribution is 5.87. The molecule has 1 saturated heterocycles. The molecule has 0 spiro atoms. The summed E-state index contributed by atoms with van der Waals surface area (Å²) in [7, 11) is 1.33. The molecular formula is C18H27N3O4. The molecule has 0 unspecified atom stereocenters. The summed E-state index contributed by atoms with van der Waals surface area (Å²) < 4.78 is 10.2. The number of hydrogen-bond acceptors (Lipinski definition) is 6. The van der Waals surface area contributed by atoms with Crippen molar-refractivity contribution in [3.8, 4) is 0 Å². The first-order valence-corrected chi connectivity index (χ1v) is 8.54. The maximum absolute atomic E-state index is 12.4. The van der Waals surface area contributed by atoms with Gasteiger partial charge in [-0.25, -0.2) is 14.6 Å². The van der Waals surface area contributed by atoms with Gasteiger partial charge < -0.3 is 19.3 Å². The summed E-state index contributed by atoms with van der Waals surface area (Å²) in [5, 5.41) is 0. The average Bonchev–Trinajstić information content (AvgIpc) is 2.59. The van der Waals surface area contributed by atoms with Crippen molar-refractivity contribution < 1.29 is 19.1 Å². The number of rotatable bonds is 3. The summed E-state index contributed by atoms with van der Waals surface area (Å²) >= 11 is 0. The van der Waals surface area contributed by atoms with E-state index in [1.807, 2.05) is 26.8 Å². The van der Waals surface area contributed by atoms with Crippen LogP contribution in [0.2, 0.25) is 0 Å². The number of methoxy groups -OCH3 is 1. The third-order valence-electron chi connectivity index (χ3n) is 4.09. The zero-order valence-electron chi connectivity index (χ0n) is 15.6. The summed E-state index contributed by atoms with van der Waals surface area (Å²) in [4.78, 5) is 32.0. The molecule has 7 nitrogen and oxygen atoms in total. The minimum absolute atomic E-state index is 0.0730. The lowest BCUT2D eigenvalue weighted by molar-refractivity contribution is 0.0136. The van der Waals surface area contributed by atoms with Crippen LogP contribution in [-0.4, -0.2) is 60.3 Å². The van der Waals surface area contributed by atoms with E-state index < -0.39 is 11.6 Å². The fraction of sp³-hybridized carbons (Fsp3) is 0.611. The molecule has 1 aliphatic rings.